The van der Waals surface area contributed by atoms with Crippen LogP contribution in [0.15, 0.2) is 46.8 Å². The number of carbonyl (C=O) groups is 1. The second kappa shape index (κ2) is 5.29. The van der Waals surface area contributed by atoms with Gasteiger partial charge >= 0.3 is 0 Å². The van der Waals surface area contributed by atoms with Gasteiger partial charge in [-0.1, -0.05) is 24.3 Å². The molecule has 1 amide bonds. The number of aromatic nitrogens is 2. The highest BCUT2D eigenvalue weighted by Gasteiger charge is 2.32. The molecule has 2 heterocycles. The first-order valence-corrected chi connectivity index (χ1v) is 8.04. The largest absolute Gasteiger partial charge is 0.390 e. The van der Waals surface area contributed by atoms with Crippen LogP contribution in [0.5, 0.6) is 0 Å². The van der Waals surface area contributed by atoms with E-state index in [1.54, 1.807) is 11.6 Å². The van der Waals surface area contributed by atoms with Gasteiger partial charge < -0.3 is 10.4 Å². The second-order valence-corrected chi connectivity index (χ2v) is 6.33. The molecule has 0 spiro atoms. The van der Waals surface area contributed by atoms with E-state index in [1.807, 2.05) is 24.3 Å². The van der Waals surface area contributed by atoms with Crippen LogP contribution in [0.4, 0.5) is 0 Å². The topological polar surface area (TPSA) is 83.7 Å². The summed E-state index contributed by atoms with van der Waals surface area (Å²) in [5, 5.41) is 14.7. The van der Waals surface area contributed by atoms with E-state index in [-0.39, 0.29) is 5.56 Å². The molecule has 0 unspecified atom stereocenters. The van der Waals surface area contributed by atoms with Gasteiger partial charge in [-0.15, -0.1) is 11.3 Å². The number of benzene rings is 1. The lowest BCUT2D eigenvalue weighted by atomic mass is 10.1. The minimum Gasteiger partial charge on any atom is -0.390 e. The molecule has 0 radical (unpaired) electrons. The van der Waals surface area contributed by atoms with E-state index in [0.717, 1.165) is 11.1 Å². The number of thiazole rings is 1. The molecule has 0 aliphatic heterocycles. The van der Waals surface area contributed by atoms with Crippen molar-refractivity contribution >= 4 is 22.2 Å². The molecule has 0 fully saturated rings. The second-order valence-electron chi connectivity index (χ2n) is 5.45. The molecule has 7 heteroatoms. The first kappa shape index (κ1) is 14.1. The van der Waals surface area contributed by atoms with Crippen LogP contribution in [-0.2, 0) is 6.42 Å². The van der Waals surface area contributed by atoms with Crippen molar-refractivity contribution in [1.82, 2.24) is 14.7 Å². The van der Waals surface area contributed by atoms with E-state index in [1.165, 1.54) is 21.9 Å². The van der Waals surface area contributed by atoms with Crippen molar-refractivity contribution in [3.8, 4) is 0 Å². The Morgan fingerprint density at radius 3 is 3.09 bits per heavy atom. The number of fused-ring (bicyclic) bond motifs is 2. The lowest BCUT2D eigenvalue weighted by Gasteiger charge is -2.17. The molecule has 1 aliphatic rings. The Bertz CT molecular complexity index is 962. The maximum Gasteiger partial charge on any atom is 0.271 e. The van der Waals surface area contributed by atoms with Crippen LogP contribution in [0.25, 0.3) is 4.96 Å². The molecule has 6 nitrogen and oxygen atoms in total. The summed E-state index contributed by atoms with van der Waals surface area (Å²) in [5.41, 5.74) is 1.46. The van der Waals surface area contributed by atoms with Gasteiger partial charge in [-0.3, -0.25) is 14.0 Å². The third-order valence-corrected chi connectivity index (χ3v) is 4.85. The van der Waals surface area contributed by atoms with Crippen LogP contribution in [0.1, 0.15) is 27.5 Å². The molecule has 1 aliphatic carbocycles. The number of aliphatic hydroxyl groups excluding tert-OH is 1. The predicted molar refractivity (Wildman–Crippen MR) is 85.7 cm³/mol. The monoisotopic (exact) mass is 327 g/mol. The molecule has 2 N–H and O–H groups in total. The van der Waals surface area contributed by atoms with Gasteiger partial charge in [0.1, 0.15) is 5.56 Å². The standard InChI is InChI=1S/C16H13N3O3S/c20-12-7-9-3-1-2-4-10(9)13(12)18-14(21)11-8-17-16-19(15(11)22)5-6-23-16/h1-6,8,12-13,20H,7H2,(H,18,21)/t12-,13-/m1/s1. The molecule has 0 saturated heterocycles. The van der Waals surface area contributed by atoms with Gasteiger partial charge in [0, 0.05) is 24.2 Å². The predicted octanol–water partition coefficient (Wildman–Crippen LogP) is 1.14. The SMILES string of the molecule is O=C(N[C@@H]1c2ccccc2C[C@H]1O)c1cnc2sccn2c1=O. The van der Waals surface area contributed by atoms with Crippen LogP contribution in [0, 0.1) is 0 Å². The molecule has 23 heavy (non-hydrogen) atoms. The lowest BCUT2D eigenvalue weighted by Crippen LogP contribution is -2.37. The van der Waals surface area contributed by atoms with E-state index in [4.69, 9.17) is 0 Å². The minimum absolute atomic E-state index is 0.0301. The molecular formula is C16H13N3O3S. The maximum absolute atomic E-state index is 12.5. The highest BCUT2D eigenvalue weighted by molar-refractivity contribution is 7.15. The van der Waals surface area contributed by atoms with Crippen LogP contribution < -0.4 is 10.9 Å². The molecule has 1 aromatic carbocycles. The number of hydrogen-bond donors (Lipinski definition) is 2. The first-order chi connectivity index (χ1) is 11.1. The third kappa shape index (κ3) is 2.25. The van der Waals surface area contributed by atoms with Gasteiger partial charge in [0.15, 0.2) is 4.96 Å². The number of nitrogens with zero attached hydrogens (tertiary/aromatic N) is 2. The first-order valence-electron chi connectivity index (χ1n) is 7.17. The third-order valence-electron chi connectivity index (χ3n) is 4.08. The summed E-state index contributed by atoms with van der Waals surface area (Å²) in [4.78, 5) is 29.5. The molecule has 2 aromatic heterocycles. The van der Waals surface area contributed by atoms with E-state index < -0.39 is 23.6 Å². The molecule has 0 bridgehead atoms. The van der Waals surface area contributed by atoms with Crippen molar-refractivity contribution in [2.24, 2.45) is 0 Å². The van der Waals surface area contributed by atoms with Gasteiger partial charge in [-0.25, -0.2) is 4.98 Å². The lowest BCUT2D eigenvalue weighted by molar-refractivity contribution is 0.0856. The Kier molecular flexibility index (Phi) is 3.24. The molecule has 4 rings (SSSR count). The number of nitrogens with one attached hydrogen (secondary N) is 1. The summed E-state index contributed by atoms with van der Waals surface area (Å²) in [6.45, 7) is 0. The van der Waals surface area contributed by atoms with Crippen molar-refractivity contribution < 1.29 is 9.90 Å². The highest BCUT2D eigenvalue weighted by atomic mass is 32.1. The fourth-order valence-electron chi connectivity index (χ4n) is 2.95. The zero-order valence-electron chi connectivity index (χ0n) is 12.0. The van der Waals surface area contributed by atoms with Crippen molar-refractivity contribution in [3.05, 3.63) is 69.1 Å². The Labute approximate surface area is 135 Å². The van der Waals surface area contributed by atoms with E-state index >= 15 is 0 Å². The average Bonchev–Trinajstić information content (AvgIpc) is 3.13. The number of carbonyl (C=O) groups excluding carboxylic acids is 1. The van der Waals surface area contributed by atoms with E-state index in [2.05, 4.69) is 10.3 Å². The van der Waals surface area contributed by atoms with Crippen molar-refractivity contribution in [1.29, 1.82) is 0 Å². The summed E-state index contributed by atoms with van der Waals surface area (Å²) in [6, 6.07) is 7.06. The Morgan fingerprint density at radius 2 is 2.22 bits per heavy atom. The number of aliphatic hydroxyl groups is 1. The minimum atomic E-state index is -0.697. The average molecular weight is 327 g/mol. The van der Waals surface area contributed by atoms with Gasteiger partial charge in [0.2, 0.25) is 0 Å². The molecular weight excluding hydrogens is 314 g/mol. The zero-order valence-corrected chi connectivity index (χ0v) is 12.8. The van der Waals surface area contributed by atoms with Crippen molar-refractivity contribution in [2.75, 3.05) is 0 Å². The van der Waals surface area contributed by atoms with Crippen LogP contribution in [0.2, 0.25) is 0 Å². The summed E-state index contributed by atoms with van der Waals surface area (Å²) >= 11 is 1.33. The molecule has 3 aromatic rings. The van der Waals surface area contributed by atoms with E-state index in [0.29, 0.717) is 11.4 Å². The smallest absolute Gasteiger partial charge is 0.271 e. The van der Waals surface area contributed by atoms with E-state index in [9.17, 15) is 14.7 Å². The van der Waals surface area contributed by atoms with Gasteiger partial charge in [0.25, 0.3) is 11.5 Å². The number of amides is 1. The summed E-state index contributed by atoms with van der Waals surface area (Å²) in [7, 11) is 0. The van der Waals surface area contributed by atoms with Gasteiger partial charge in [0.05, 0.1) is 12.1 Å². The Hall–Kier alpha value is -2.51. The fourth-order valence-corrected chi connectivity index (χ4v) is 3.62. The summed E-state index contributed by atoms with van der Waals surface area (Å²) in [6.07, 6.45) is 2.67. The quantitative estimate of drug-likeness (QED) is 0.739. The molecule has 2 atom stereocenters. The van der Waals surface area contributed by atoms with Crippen LogP contribution in [0.3, 0.4) is 0 Å². The van der Waals surface area contributed by atoms with Crippen molar-refractivity contribution in [3.63, 3.8) is 0 Å². The molecule has 0 saturated carbocycles. The summed E-state index contributed by atoms with van der Waals surface area (Å²) in [5.74, 6) is -0.524. The Balaban J connectivity index is 1.67. The van der Waals surface area contributed by atoms with Gasteiger partial charge in [-0.05, 0) is 11.1 Å². The zero-order chi connectivity index (χ0) is 16.0. The van der Waals surface area contributed by atoms with Crippen LogP contribution >= 0.6 is 11.3 Å². The van der Waals surface area contributed by atoms with Crippen molar-refractivity contribution in [2.45, 2.75) is 18.6 Å². The summed E-state index contributed by atoms with van der Waals surface area (Å²) < 4.78 is 1.35. The maximum atomic E-state index is 12.5. The molecule has 116 valence electrons. The Morgan fingerprint density at radius 1 is 1.39 bits per heavy atom. The van der Waals surface area contributed by atoms with Crippen LogP contribution in [-0.4, -0.2) is 26.5 Å². The van der Waals surface area contributed by atoms with Gasteiger partial charge in [-0.2, -0.15) is 0 Å². The number of rotatable bonds is 2. The fraction of sp³-hybridized carbons (Fsp3) is 0.188. The highest BCUT2D eigenvalue weighted by Crippen LogP contribution is 2.31. The number of hydrogen-bond acceptors (Lipinski definition) is 5. The normalized spacial score (nSPS) is 19.7.